The van der Waals surface area contributed by atoms with E-state index in [9.17, 15) is 14.4 Å². The lowest BCUT2D eigenvalue weighted by molar-refractivity contribution is 0.0593. The van der Waals surface area contributed by atoms with Gasteiger partial charge < -0.3 is 18.9 Å². The summed E-state index contributed by atoms with van der Waals surface area (Å²) in [5, 5.41) is 2.48. The fraction of sp³-hybridized carbons (Fsp3) is 0.125. The first kappa shape index (κ1) is 22.4. The maximum Gasteiger partial charge on any atom is 0.514 e. The minimum Gasteiger partial charge on any atom is -0.465 e. The second-order valence-corrected chi connectivity index (χ2v) is 6.49. The Hall–Kier alpha value is -4.33. The fourth-order valence-electron chi connectivity index (χ4n) is 2.71. The van der Waals surface area contributed by atoms with Gasteiger partial charge in [-0.15, -0.1) is 0 Å². The lowest BCUT2D eigenvalue weighted by Crippen LogP contribution is -2.18. The van der Waals surface area contributed by atoms with Gasteiger partial charge in [0.05, 0.1) is 12.8 Å². The molecular formula is C24H21NO7. The smallest absolute Gasteiger partial charge is 0.465 e. The molecule has 0 fully saturated rings. The molecule has 8 nitrogen and oxygen atoms in total. The summed E-state index contributed by atoms with van der Waals surface area (Å²) < 4.78 is 20.3. The Morgan fingerprint density at radius 3 is 1.94 bits per heavy atom. The molecule has 0 aromatic heterocycles. The summed E-state index contributed by atoms with van der Waals surface area (Å²) in [6.07, 6.45) is -1.84. The molecule has 0 saturated carbocycles. The number of ether oxygens (including phenoxy) is 4. The fourth-order valence-corrected chi connectivity index (χ4v) is 2.71. The van der Waals surface area contributed by atoms with Gasteiger partial charge in [0.2, 0.25) is 0 Å². The lowest BCUT2D eigenvalue weighted by Gasteiger charge is -2.14. The van der Waals surface area contributed by atoms with Gasteiger partial charge in [0.25, 0.3) is 0 Å². The van der Waals surface area contributed by atoms with E-state index in [4.69, 9.17) is 18.9 Å². The monoisotopic (exact) mass is 435 g/mol. The van der Waals surface area contributed by atoms with Gasteiger partial charge in [0.15, 0.2) is 5.75 Å². The number of esters is 1. The van der Waals surface area contributed by atoms with Crippen LogP contribution in [0.2, 0.25) is 0 Å². The van der Waals surface area contributed by atoms with Crippen molar-refractivity contribution in [3.8, 4) is 5.75 Å². The Kier molecular flexibility index (Phi) is 7.80. The summed E-state index contributed by atoms with van der Waals surface area (Å²) in [6.45, 7) is 0.0145. The average molecular weight is 435 g/mol. The van der Waals surface area contributed by atoms with Gasteiger partial charge in [0.1, 0.15) is 18.8 Å². The first-order valence-electron chi connectivity index (χ1n) is 9.64. The van der Waals surface area contributed by atoms with Gasteiger partial charge >= 0.3 is 18.2 Å². The van der Waals surface area contributed by atoms with Gasteiger partial charge in [-0.1, -0.05) is 66.7 Å². The van der Waals surface area contributed by atoms with E-state index in [0.717, 1.165) is 11.1 Å². The van der Waals surface area contributed by atoms with E-state index >= 15 is 0 Å². The van der Waals surface area contributed by atoms with Gasteiger partial charge in [0, 0.05) is 0 Å². The van der Waals surface area contributed by atoms with Gasteiger partial charge in [-0.2, -0.15) is 0 Å². The predicted molar refractivity (Wildman–Crippen MR) is 115 cm³/mol. The topological polar surface area (TPSA) is 100 Å². The zero-order valence-corrected chi connectivity index (χ0v) is 17.3. The summed E-state index contributed by atoms with van der Waals surface area (Å²) in [5.41, 5.74) is 1.54. The molecule has 32 heavy (non-hydrogen) atoms. The van der Waals surface area contributed by atoms with Gasteiger partial charge in [-0.25, -0.2) is 14.4 Å². The summed E-state index contributed by atoms with van der Waals surface area (Å²) in [5.74, 6) is -0.966. The van der Waals surface area contributed by atoms with Crippen LogP contribution in [0.25, 0.3) is 0 Å². The van der Waals surface area contributed by atoms with E-state index in [1.165, 1.54) is 25.3 Å². The number of benzene rings is 3. The summed E-state index contributed by atoms with van der Waals surface area (Å²) in [4.78, 5) is 36.7. The predicted octanol–water partition coefficient (Wildman–Crippen LogP) is 4.94. The van der Waals surface area contributed by atoms with Crippen LogP contribution in [0.5, 0.6) is 5.75 Å². The third kappa shape index (κ3) is 6.33. The summed E-state index contributed by atoms with van der Waals surface area (Å²) in [6, 6.07) is 22.5. The van der Waals surface area contributed by atoms with Crippen LogP contribution in [0.3, 0.4) is 0 Å². The van der Waals surface area contributed by atoms with Crippen molar-refractivity contribution in [2.75, 3.05) is 12.4 Å². The zero-order valence-electron chi connectivity index (χ0n) is 17.3. The Morgan fingerprint density at radius 2 is 1.34 bits per heavy atom. The Balaban J connectivity index is 1.71. The Morgan fingerprint density at radius 1 is 0.750 bits per heavy atom. The number of amides is 1. The van der Waals surface area contributed by atoms with Gasteiger partial charge in [-0.3, -0.25) is 5.32 Å². The number of anilines is 1. The minimum absolute atomic E-state index is 0.0258. The highest BCUT2D eigenvalue weighted by atomic mass is 16.7. The highest BCUT2D eigenvalue weighted by molar-refractivity contribution is 5.98. The summed E-state index contributed by atoms with van der Waals surface area (Å²) >= 11 is 0. The van der Waals surface area contributed by atoms with Crippen LogP contribution in [-0.4, -0.2) is 25.3 Å². The molecule has 0 bridgehead atoms. The van der Waals surface area contributed by atoms with E-state index in [2.05, 4.69) is 5.32 Å². The summed E-state index contributed by atoms with van der Waals surface area (Å²) in [7, 11) is 1.19. The standard InChI is InChI=1S/C24H21NO7/c1-29-22(26)19-13-8-14-20(25-23(27)30-15-17-9-4-2-5-10-17)21(19)32-24(28)31-16-18-11-6-3-7-12-18/h2-14H,15-16H2,1H3,(H,25,27). The number of methoxy groups -OCH3 is 1. The molecule has 0 heterocycles. The normalized spacial score (nSPS) is 10.0. The van der Waals surface area contributed by atoms with E-state index in [-0.39, 0.29) is 30.2 Å². The first-order valence-corrected chi connectivity index (χ1v) is 9.64. The molecular weight excluding hydrogens is 414 g/mol. The van der Waals surface area contributed by atoms with Gasteiger partial charge in [-0.05, 0) is 23.3 Å². The van der Waals surface area contributed by atoms with E-state index < -0.39 is 18.2 Å². The van der Waals surface area contributed by atoms with Crippen molar-refractivity contribution >= 4 is 23.9 Å². The molecule has 164 valence electrons. The number of carbonyl (C=O) groups excluding carboxylic acids is 3. The van der Waals surface area contributed by atoms with Crippen LogP contribution in [-0.2, 0) is 27.4 Å². The Bertz CT molecular complexity index is 1070. The van der Waals surface area contributed by atoms with Crippen molar-refractivity contribution in [1.82, 2.24) is 0 Å². The van der Waals surface area contributed by atoms with Crippen molar-refractivity contribution in [2.24, 2.45) is 0 Å². The molecule has 1 N–H and O–H groups in total. The van der Waals surface area contributed by atoms with E-state index in [1.54, 1.807) is 24.3 Å². The highest BCUT2D eigenvalue weighted by Gasteiger charge is 2.22. The molecule has 8 heteroatoms. The van der Waals surface area contributed by atoms with Crippen LogP contribution < -0.4 is 10.1 Å². The second kappa shape index (κ2) is 11.2. The van der Waals surface area contributed by atoms with Crippen molar-refractivity contribution in [1.29, 1.82) is 0 Å². The third-order valence-electron chi connectivity index (χ3n) is 4.25. The molecule has 0 saturated heterocycles. The van der Waals surface area contributed by atoms with Crippen LogP contribution in [0.15, 0.2) is 78.9 Å². The highest BCUT2D eigenvalue weighted by Crippen LogP contribution is 2.30. The maximum absolute atomic E-state index is 12.3. The quantitative estimate of drug-likeness (QED) is 0.319. The average Bonchev–Trinajstić information content (AvgIpc) is 2.83. The largest absolute Gasteiger partial charge is 0.514 e. The van der Waals surface area contributed by atoms with Crippen LogP contribution in [0.4, 0.5) is 15.3 Å². The molecule has 3 aromatic carbocycles. The molecule has 0 aliphatic rings. The number of carbonyl (C=O) groups is 3. The maximum atomic E-state index is 12.3. The molecule has 0 radical (unpaired) electrons. The van der Waals surface area contributed by atoms with E-state index in [1.807, 2.05) is 36.4 Å². The third-order valence-corrected chi connectivity index (χ3v) is 4.25. The number of hydrogen-bond donors (Lipinski definition) is 1. The molecule has 0 atom stereocenters. The van der Waals surface area contributed by atoms with Crippen molar-refractivity contribution in [3.05, 3.63) is 95.6 Å². The van der Waals surface area contributed by atoms with Crippen molar-refractivity contribution in [3.63, 3.8) is 0 Å². The number of nitrogens with one attached hydrogen (secondary N) is 1. The number of para-hydroxylation sites is 1. The number of hydrogen-bond acceptors (Lipinski definition) is 7. The molecule has 0 unspecified atom stereocenters. The zero-order chi connectivity index (χ0) is 22.8. The first-order chi connectivity index (χ1) is 15.6. The van der Waals surface area contributed by atoms with Crippen molar-refractivity contribution < 1.29 is 33.3 Å². The molecule has 0 aliphatic carbocycles. The molecule has 1 amide bonds. The molecule has 0 spiro atoms. The van der Waals surface area contributed by atoms with Crippen LogP contribution in [0, 0.1) is 0 Å². The SMILES string of the molecule is COC(=O)c1cccc(NC(=O)OCc2ccccc2)c1OC(=O)OCc1ccccc1. The molecule has 3 rings (SSSR count). The van der Waals surface area contributed by atoms with E-state index in [0.29, 0.717) is 0 Å². The Labute approximate surface area is 184 Å². The number of rotatable bonds is 7. The van der Waals surface area contributed by atoms with Crippen LogP contribution in [0.1, 0.15) is 21.5 Å². The molecule has 0 aliphatic heterocycles. The second-order valence-electron chi connectivity index (χ2n) is 6.49. The lowest BCUT2D eigenvalue weighted by atomic mass is 10.1. The van der Waals surface area contributed by atoms with Crippen molar-refractivity contribution in [2.45, 2.75) is 13.2 Å². The minimum atomic E-state index is -1.05. The van der Waals surface area contributed by atoms with Crippen LogP contribution >= 0.6 is 0 Å². The molecule has 3 aromatic rings.